The van der Waals surface area contributed by atoms with Crippen LogP contribution in [0.4, 0.5) is 0 Å². The van der Waals surface area contributed by atoms with E-state index < -0.39 is 0 Å². The summed E-state index contributed by atoms with van der Waals surface area (Å²) < 4.78 is 5.50. The van der Waals surface area contributed by atoms with Gasteiger partial charge in [0, 0.05) is 0 Å². The van der Waals surface area contributed by atoms with Crippen LogP contribution in [0.2, 0.25) is 0 Å². The van der Waals surface area contributed by atoms with Crippen molar-refractivity contribution in [2.75, 3.05) is 13.2 Å². The van der Waals surface area contributed by atoms with Gasteiger partial charge < -0.3 is 10.5 Å². The van der Waals surface area contributed by atoms with Crippen molar-refractivity contribution in [3.05, 3.63) is 28.8 Å². The van der Waals surface area contributed by atoms with Crippen molar-refractivity contribution in [1.29, 1.82) is 0 Å². The van der Waals surface area contributed by atoms with Crippen LogP contribution in [0, 0.1) is 13.8 Å². The van der Waals surface area contributed by atoms with Gasteiger partial charge >= 0.3 is 0 Å². The highest BCUT2D eigenvalue weighted by Crippen LogP contribution is 2.26. The summed E-state index contributed by atoms with van der Waals surface area (Å²) in [5.74, 6) is 0.592. The van der Waals surface area contributed by atoms with Crippen molar-refractivity contribution < 1.29 is 9.53 Å². The maximum absolute atomic E-state index is 11.6. The second kappa shape index (κ2) is 4.94. The Bertz CT molecular complexity index is 372. The predicted molar refractivity (Wildman–Crippen MR) is 60.5 cm³/mol. The van der Waals surface area contributed by atoms with Crippen LogP contribution in [0.3, 0.4) is 0 Å². The summed E-state index contributed by atoms with van der Waals surface area (Å²) in [5, 5.41) is 0. The highest BCUT2D eigenvalue weighted by molar-refractivity contribution is 6.00. The number of rotatable bonds is 4. The Balaban J connectivity index is 3.26. The molecule has 82 valence electrons. The van der Waals surface area contributed by atoms with Gasteiger partial charge in [-0.05, 0) is 38.0 Å². The van der Waals surface area contributed by atoms with E-state index in [1.165, 1.54) is 0 Å². The van der Waals surface area contributed by atoms with Crippen molar-refractivity contribution in [3.8, 4) is 5.75 Å². The number of ether oxygens (including phenoxy) is 1. The molecule has 0 amide bonds. The molecule has 1 rings (SSSR count). The fourth-order valence-electron chi connectivity index (χ4n) is 1.45. The third kappa shape index (κ3) is 2.36. The zero-order valence-corrected chi connectivity index (χ0v) is 9.46. The molecule has 2 N–H and O–H groups in total. The van der Waals surface area contributed by atoms with Crippen LogP contribution in [-0.4, -0.2) is 18.9 Å². The number of benzene rings is 1. The lowest BCUT2D eigenvalue weighted by molar-refractivity contribution is 0.0997. The molecule has 3 nitrogen and oxygen atoms in total. The van der Waals surface area contributed by atoms with E-state index in [0.717, 1.165) is 11.1 Å². The molecule has 15 heavy (non-hydrogen) atoms. The number of nitrogens with two attached hydrogens (primary N) is 1. The number of ketones is 1. The molecule has 0 aliphatic carbocycles. The first-order chi connectivity index (χ1) is 7.11. The second-order valence-corrected chi connectivity index (χ2v) is 3.44. The van der Waals surface area contributed by atoms with E-state index in [1.807, 2.05) is 26.8 Å². The lowest BCUT2D eigenvalue weighted by atomic mass is 10.0. The normalized spacial score (nSPS) is 10.1. The minimum Gasteiger partial charge on any atom is -0.493 e. The molecule has 0 saturated carbocycles. The van der Waals surface area contributed by atoms with E-state index >= 15 is 0 Å². The van der Waals surface area contributed by atoms with Gasteiger partial charge in [-0.1, -0.05) is 6.07 Å². The van der Waals surface area contributed by atoms with E-state index in [-0.39, 0.29) is 12.3 Å². The van der Waals surface area contributed by atoms with Crippen molar-refractivity contribution in [1.82, 2.24) is 0 Å². The molecule has 0 heterocycles. The van der Waals surface area contributed by atoms with Gasteiger partial charge in [-0.25, -0.2) is 0 Å². The number of aryl methyl sites for hydroxylation is 1. The maximum atomic E-state index is 11.6. The van der Waals surface area contributed by atoms with E-state index in [2.05, 4.69) is 0 Å². The van der Waals surface area contributed by atoms with Crippen molar-refractivity contribution >= 4 is 5.78 Å². The summed E-state index contributed by atoms with van der Waals surface area (Å²) in [4.78, 5) is 11.6. The molecule has 3 heteroatoms. The molecule has 0 spiro atoms. The van der Waals surface area contributed by atoms with Gasteiger partial charge in [0.25, 0.3) is 0 Å². The zero-order valence-electron chi connectivity index (χ0n) is 9.46. The third-order valence-corrected chi connectivity index (χ3v) is 2.45. The highest BCUT2D eigenvalue weighted by Gasteiger charge is 2.14. The summed E-state index contributed by atoms with van der Waals surface area (Å²) in [7, 11) is 0. The molecule has 1 aromatic rings. The molecule has 0 fully saturated rings. The average Bonchev–Trinajstić information content (AvgIpc) is 2.24. The fraction of sp³-hybridized carbons (Fsp3) is 0.417. The molecule has 1 aromatic carbocycles. The Morgan fingerprint density at radius 3 is 2.60 bits per heavy atom. The largest absolute Gasteiger partial charge is 0.493 e. The highest BCUT2D eigenvalue weighted by atomic mass is 16.5. The van der Waals surface area contributed by atoms with Crippen LogP contribution in [0.15, 0.2) is 12.1 Å². The Morgan fingerprint density at radius 2 is 2.07 bits per heavy atom. The van der Waals surface area contributed by atoms with Crippen molar-refractivity contribution in [3.63, 3.8) is 0 Å². The smallest absolute Gasteiger partial charge is 0.180 e. The second-order valence-electron chi connectivity index (χ2n) is 3.44. The number of carbonyl (C=O) groups is 1. The van der Waals surface area contributed by atoms with Gasteiger partial charge in [-0.3, -0.25) is 4.79 Å². The lowest BCUT2D eigenvalue weighted by Crippen LogP contribution is -2.15. The molecular weight excluding hydrogens is 190 g/mol. The summed E-state index contributed by atoms with van der Waals surface area (Å²) in [6.07, 6.45) is 0. The number of carbonyl (C=O) groups excluding carboxylic acids is 1. The third-order valence-electron chi connectivity index (χ3n) is 2.45. The van der Waals surface area contributed by atoms with E-state index in [4.69, 9.17) is 10.5 Å². The number of hydrogen-bond acceptors (Lipinski definition) is 3. The Morgan fingerprint density at radius 1 is 1.40 bits per heavy atom. The minimum absolute atomic E-state index is 0.0164. The van der Waals surface area contributed by atoms with Gasteiger partial charge in [-0.2, -0.15) is 0 Å². The maximum Gasteiger partial charge on any atom is 0.180 e. The van der Waals surface area contributed by atoms with Crippen LogP contribution < -0.4 is 10.5 Å². The molecule has 0 bridgehead atoms. The van der Waals surface area contributed by atoms with Crippen molar-refractivity contribution in [2.45, 2.75) is 20.8 Å². The minimum atomic E-state index is -0.0819. The van der Waals surface area contributed by atoms with Crippen LogP contribution in [-0.2, 0) is 0 Å². The predicted octanol–water partition coefficient (Wildman–Crippen LogP) is 1.84. The van der Waals surface area contributed by atoms with Crippen molar-refractivity contribution in [2.24, 2.45) is 5.73 Å². The van der Waals surface area contributed by atoms with Gasteiger partial charge in [0.1, 0.15) is 5.75 Å². The van der Waals surface area contributed by atoms with E-state index in [9.17, 15) is 4.79 Å². The molecule has 0 saturated heterocycles. The van der Waals surface area contributed by atoms with Crippen LogP contribution in [0.25, 0.3) is 0 Å². The fourth-order valence-corrected chi connectivity index (χ4v) is 1.45. The standard InChI is InChI=1S/C12H17NO2/c1-4-15-12-9(3)8(2)5-6-10(12)11(14)7-13/h5-6H,4,7,13H2,1-3H3. The van der Waals surface area contributed by atoms with Gasteiger partial charge in [0.05, 0.1) is 18.7 Å². The lowest BCUT2D eigenvalue weighted by Gasteiger charge is -2.13. The number of Topliss-reactive ketones (excluding diaryl/α,β-unsaturated/α-hetero) is 1. The first kappa shape index (κ1) is 11.7. The first-order valence-corrected chi connectivity index (χ1v) is 5.08. The molecule has 0 radical (unpaired) electrons. The number of hydrogen-bond donors (Lipinski definition) is 1. The molecule has 0 aliphatic rings. The van der Waals surface area contributed by atoms with E-state index in [1.54, 1.807) is 6.07 Å². The Hall–Kier alpha value is -1.35. The Kier molecular flexibility index (Phi) is 3.86. The molecule has 0 unspecified atom stereocenters. The van der Waals surface area contributed by atoms with Crippen LogP contribution in [0.1, 0.15) is 28.4 Å². The summed E-state index contributed by atoms with van der Waals surface area (Å²) in [5.41, 5.74) is 8.07. The molecule has 0 aromatic heterocycles. The van der Waals surface area contributed by atoms with Gasteiger partial charge in [0.15, 0.2) is 5.78 Å². The van der Waals surface area contributed by atoms with Crippen LogP contribution in [0.5, 0.6) is 5.75 Å². The molecule has 0 atom stereocenters. The summed E-state index contributed by atoms with van der Waals surface area (Å²) >= 11 is 0. The first-order valence-electron chi connectivity index (χ1n) is 5.08. The van der Waals surface area contributed by atoms with Gasteiger partial charge in [-0.15, -0.1) is 0 Å². The monoisotopic (exact) mass is 207 g/mol. The summed E-state index contributed by atoms with van der Waals surface area (Å²) in [6.45, 7) is 6.42. The Labute approximate surface area is 90.2 Å². The average molecular weight is 207 g/mol. The molecule has 0 aliphatic heterocycles. The topological polar surface area (TPSA) is 52.3 Å². The van der Waals surface area contributed by atoms with Gasteiger partial charge in [0.2, 0.25) is 0 Å². The SMILES string of the molecule is CCOc1c(C(=O)CN)ccc(C)c1C. The van der Waals surface area contributed by atoms with Crippen LogP contribution >= 0.6 is 0 Å². The zero-order chi connectivity index (χ0) is 11.4. The molecular formula is C12H17NO2. The summed E-state index contributed by atoms with van der Waals surface area (Å²) in [6, 6.07) is 3.70. The quantitative estimate of drug-likeness (QED) is 0.766. The van der Waals surface area contributed by atoms with E-state index in [0.29, 0.717) is 17.9 Å².